The maximum atomic E-state index is 3.91. The molecule has 1 aromatic heterocycles. The molecule has 3 atom stereocenters. The van der Waals surface area contributed by atoms with Crippen molar-refractivity contribution < 1.29 is 0 Å². The molecule has 0 amide bonds. The number of benzene rings is 1. The van der Waals surface area contributed by atoms with Crippen LogP contribution in [0.25, 0.3) is 0 Å². The van der Waals surface area contributed by atoms with Crippen molar-refractivity contribution in [2.75, 3.05) is 0 Å². The van der Waals surface area contributed by atoms with E-state index in [0.717, 1.165) is 11.8 Å². The number of hydrogen-bond donors (Lipinski definition) is 0. The fourth-order valence-electron chi connectivity index (χ4n) is 3.19. The highest BCUT2D eigenvalue weighted by Gasteiger charge is 2.29. The highest BCUT2D eigenvalue weighted by molar-refractivity contribution is 9.11. The first kappa shape index (κ1) is 14.8. The Morgan fingerprint density at radius 1 is 1.05 bits per heavy atom. The summed E-state index contributed by atoms with van der Waals surface area (Å²) in [7, 11) is 0. The molecule has 1 heterocycles. The van der Waals surface area contributed by atoms with Gasteiger partial charge in [-0.15, -0.1) is 11.3 Å². The zero-order chi connectivity index (χ0) is 13.9. The summed E-state index contributed by atoms with van der Waals surface area (Å²) in [5, 5.41) is 0. The largest absolute Gasteiger partial charge is 0.133 e. The number of rotatable bonds is 3. The molecular formula is C17H18Br2S. The van der Waals surface area contributed by atoms with E-state index >= 15 is 0 Å². The highest BCUT2D eigenvalue weighted by Crippen LogP contribution is 2.41. The average Bonchev–Trinajstić information content (AvgIpc) is 2.88. The lowest BCUT2D eigenvalue weighted by molar-refractivity contribution is 0.336. The van der Waals surface area contributed by atoms with Gasteiger partial charge in [-0.25, -0.2) is 0 Å². The van der Waals surface area contributed by atoms with E-state index in [1.165, 1.54) is 39.9 Å². The molecule has 0 aliphatic heterocycles. The van der Waals surface area contributed by atoms with Crippen molar-refractivity contribution in [1.29, 1.82) is 0 Å². The Labute approximate surface area is 141 Å². The Morgan fingerprint density at radius 3 is 2.55 bits per heavy atom. The van der Waals surface area contributed by atoms with Gasteiger partial charge >= 0.3 is 0 Å². The standard InChI is InChI=1S/C17H18Br2S/c18-16-8-6-13(12-4-2-1-3-5-12)10-14(16)11-15-7-9-17(19)20-15/h1-5,7,9,13-14,16H,6,8,10-11H2. The predicted molar refractivity (Wildman–Crippen MR) is 95.0 cm³/mol. The third-order valence-electron chi connectivity index (χ3n) is 4.25. The molecule has 0 nitrogen and oxygen atoms in total. The van der Waals surface area contributed by atoms with Gasteiger partial charge in [-0.3, -0.25) is 0 Å². The van der Waals surface area contributed by atoms with E-state index in [-0.39, 0.29) is 0 Å². The second kappa shape index (κ2) is 6.76. The minimum Gasteiger partial charge on any atom is -0.133 e. The lowest BCUT2D eigenvalue weighted by Gasteiger charge is -2.33. The second-order valence-electron chi connectivity index (χ2n) is 5.61. The first-order valence-corrected chi connectivity index (χ1v) is 9.68. The normalized spacial score (nSPS) is 26.6. The van der Waals surface area contributed by atoms with Crippen LogP contribution in [0.15, 0.2) is 46.3 Å². The highest BCUT2D eigenvalue weighted by atomic mass is 79.9. The summed E-state index contributed by atoms with van der Waals surface area (Å²) in [6, 6.07) is 15.5. The third kappa shape index (κ3) is 3.55. The first-order chi connectivity index (χ1) is 9.72. The molecule has 3 heteroatoms. The lowest BCUT2D eigenvalue weighted by Crippen LogP contribution is -2.25. The molecule has 106 valence electrons. The maximum absolute atomic E-state index is 3.91. The topological polar surface area (TPSA) is 0 Å². The van der Waals surface area contributed by atoms with Crippen molar-refractivity contribution in [3.8, 4) is 0 Å². The van der Waals surface area contributed by atoms with Crippen LogP contribution in [0, 0.1) is 5.92 Å². The molecule has 1 aromatic carbocycles. The summed E-state index contributed by atoms with van der Waals surface area (Å²) in [5.41, 5.74) is 1.52. The molecule has 0 saturated heterocycles. The molecular weight excluding hydrogens is 396 g/mol. The van der Waals surface area contributed by atoms with Crippen molar-refractivity contribution in [1.82, 2.24) is 0 Å². The summed E-state index contributed by atoms with van der Waals surface area (Å²) in [6.07, 6.45) is 5.10. The fraction of sp³-hybridized carbons (Fsp3) is 0.412. The van der Waals surface area contributed by atoms with Crippen LogP contribution in [0.5, 0.6) is 0 Å². The first-order valence-electron chi connectivity index (χ1n) is 7.15. The summed E-state index contributed by atoms with van der Waals surface area (Å²) in [6.45, 7) is 0. The van der Waals surface area contributed by atoms with Crippen LogP contribution in [0.2, 0.25) is 0 Å². The van der Waals surface area contributed by atoms with Gasteiger partial charge in [0, 0.05) is 9.70 Å². The van der Waals surface area contributed by atoms with Gasteiger partial charge in [-0.1, -0.05) is 46.3 Å². The molecule has 2 aromatic rings. The zero-order valence-electron chi connectivity index (χ0n) is 11.3. The van der Waals surface area contributed by atoms with Crippen molar-refractivity contribution in [2.24, 2.45) is 5.92 Å². The van der Waals surface area contributed by atoms with Crippen LogP contribution in [-0.2, 0) is 6.42 Å². The molecule has 0 radical (unpaired) electrons. The van der Waals surface area contributed by atoms with E-state index in [0.29, 0.717) is 4.83 Å². The van der Waals surface area contributed by atoms with E-state index in [1.54, 1.807) is 0 Å². The minimum atomic E-state index is 0.670. The van der Waals surface area contributed by atoms with Crippen molar-refractivity contribution in [2.45, 2.75) is 36.4 Å². The Morgan fingerprint density at radius 2 is 1.85 bits per heavy atom. The number of thiophene rings is 1. The zero-order valence-corrected chi connectivity index (χ0v) is 15.3. The number of halogens is 2. The average molecular weight is 414 g/mol. The smallest absolute Gasteiger partial charge is 0.0701 e. The molecule has 1 fully saturated rings. The van der Waals surface area contributed by atoms with Gasteiger partial charge < -0.3 is 0 Å². The quantitative estimate of drug-likeness (QED) is 0.510. The van der Waals surface area contributed by atoms with E-state index < -0.39 is 0 Å². The molecule has 0 spiro atoms. The van der Waals surface area contributed by atoms with Crippen LogP contribution >= 0.6 is 43.2 Å². The number of hydrogen-bond acceptors (Lipinski definition) is 1. The third-order valence-corrected chi connectivity index (χ3v) is 7.10. The molecule has 0 bridgehead atoms. The number of alkyl halides is 1. The van der Waals surface area contributed by atoms with E-state index in [4.69, 9.17) is 0 Å². The molecule has 1 saturated carbocycles. The van der Waals surface area contributed by atoms with Crippen LogP contribution < -0.4 is 0 Å². The van der Waals surface area contributed by atoms with E-state index in [9.17, 15) is 0 Å². The monoisotopic (exact) mass is 412 g/mol. The Bertz CT molecular complexity index is 549. The van der Waals surface area contributed by atoms with Gasteiger partial charge in [0.1, 0.15) is 0 Å². The maximum Gasteiger partial charge on any atom is 0.0701 e. The Kier molecular flexibility index (Phi) is 5.00. The molecule has 20 heavy (non-hydrogen) atoms. The van der Waals surface area contributed by atoms with Gasteiger partial charge in [-0.2, -0.15) is 0 Å². The molecule has 0 N–H and O–H groups in total. The van der Waals surface area contributed by atoms with Gasteiger partial charge in [-0.05, 0) is 71.1 Å². The summed E-state index contributed by atoms with van der Waals surface area (Å²) < 4.78 is 1.24. The van der Waals surface area contributed by atoms with Crippen molar-refractivity contribution in [3.63, 3.8) is 0 Å². The molecule has 3 rings (SSSR count). The summed E-state index contributed by atoms with van der Waals surface area (Å²) in [5.74, 6) is 1.48. The van der Waals surface area contributed by atoms with Gasteiger partial charge in [0.05, 0.1) is 3.79 Å². The second-order valence-corrected chi connectivity index (χ2v) is 9.33. The van der Waals surface area contributed by atoms with Gasteiger partial charge in [0.25, 0.3) is 0 Å². The Hall–Kier alpha value is -0.120. The van der Waals surface area contributed by atoms with Crippen molar-refractivity contribution >= 4 is 43.2 Å². The van der Waals surface area contributed by atoms with Crippen LogP contribution in [0.4, 0.5) is 0 Å². The summed E-state index contributed by atoms with van der Waals surface area (Å²) >= 11 is 9.36. The fourth-order valence-corrected chi connectivity index (χ4v) is 5.43. The van der Waals surface area contributed by atoms with Crippen LogP contribution in [0.1, 0.15) is 35.6 Å². The summed E-state index contributed by atoms with van der Waals surface area (Å²) in [4.78, 5) is 2.17. The van der Waals surface area contributed by atoms with Crippen LogP contribution in [-0.4, -0.2) is 4.83 Å². The van der Waals surface area contributed by atoms with Crippen LogP contribution in [0.3, 0.4) is 0 Å². The molecule has 3 unspecified atom stereocenters. The van der Waals surface area contributed by atoms with Gasteiger partial charge in [0.15, 0.2) is 0 Å². The SMILES string of the molecule is Brc1ccc(CC2CC(c3ccccc3)CCC2Br)s1. The Balaban J connectivity index is 1.70. The van der Waals surface area contributed by atoms with Gasteiger partial charge in [0.2, 0.25) is 0 Å². The van der Waals surface area contributed by atoms with Crippen molar-refractivity contribution in [3.05, 3.63) is 56.7 Å². The molecule has 1 aliphatic carbocycles. The lowest BCUT2D eigenvalue weighted by atomic mass is 9.76. The predicted octanol–water partition coefficient (Wildman–Crippen LogP) is 6.40. The van der Waals surface area contributed by atoms with E-state index in [2.05, 4.69) is 74.3 Å². The molecule has 1 aliphatic rings. The van der Waals surface area contributed by atoms with E-state index in [1.807, 2.05) is 11.3 Å². The minimum absolute atomic E-state index is 0.670.